The number of benzene rings is 1. The summed E-state index contributed by atoms with van der Waals surface area (Å²) in [7, 11) is 0. The topological polar surface area (TPSA) is 55.1 Å². The number of aromatic nitrogens is 1. The number of carbonyl (C=O) groups is 1. The zero-order chi connectivity index (χ0) is 15.4. The van der Waals surface area contributed by atoms with Gasteiger partial charge in [-0.25, -0.2) is 0 Å². The molecule has 1 aromatic carbocycles. The average Bonchev–Trinajstić information content (AvgIpc) is 2.90. The van der Waals surface area contributed by atoms with Crippen molar-refractivity contribution in [2.24, 2.45) is 0 Å². The molecule has 1 aliphatic rings. The third-order valence-electron chi connectivity index (χ3n) is 4.18. The minimum atomic E-state index is 0.00751. The molecule has 4 heteroatoms. The van der Waals surface area contributed by atoms with Crippen molar-refractivity contribution in [1.82, 2.24) is 10.5 Å². The van der Waals surface area contributed by atoms with Crippen LogP contribution in [0.5, 0.6) is 0 Å². The predicted molar refractivity (Wildman–Crippen MR) is 86.6 cm³/mol. The Balaban J connectivity index is 1.54. The Bertz CT molecular complexity index is 700. The van der Waals surface area contributed by atoms with E-state index in [1.807, 2.05) is 25.1 Å². The van der Waals surface area contributed by atoms with Crippen molar-refractivity contribution in [2.45, 2.75) is 45.4 Å². The zero-order valence-electron chi connectivity index (χ0n) is 13.0. The van der Waals surface area contributed by atoms with E-state index in [1.165, 1.54) is 31.3 Å². The van der Waals surface area contributed by atoms with Crippen molar-refractivity contribution in [1.29, 1.82) is 0 Å². The highest BCUT2D eigenvalue weighted by atomic mass is 16.5. The molecule has 0 fully saturated rings. The third-order valence-corrected chi connectivity index (χ3v) is 4.18. The molecule has 0 saturated carbocycles. The van der Waals surface area contributed by atoms with E-state index in [4.69, 9.17) is 4.52 Å². The SMILES string of the molecule is Cc1ccc2onc(CC(=O)NCCC3=CCCCC3)c2c1. The van der Waals surface area contributed by atoms with Gasteiger partial charge in [0.25, 0.3) is 0 Å². The second-order valence-corrected chi connectivity index (χ2v) is 6.01. The Morgan fingerprint density at radius 3 is 3.09 bits per heavy atom. The summed E-state index contributed by atoms with van der Waals surface area (Å²) in [6.45, 7) is 2.73. The van der Waals surface area contributed by atoms with E-state index in [9.17, 15) is 4.79 Å². The first-order valence-electron chi connectivity index (χ1n) is 8.02. The number of hydrogen-bond donors (Lipinski definition) is 1. The Kier molecular flexibility index (Phi) is 4.56. The second kappa shape index (κ2) is 6.77. The molecule has 0 atom stereocenters. The van der Waals surface area contributed by atoms with Crippen LogP contribution in [-0.4, -0.2) is 17.6 Å². The minimum absolute atomic E-state index is 0.00751. The lowest BCUT2D eigenvalue weighted by atomic mass is 9.97. The van der Waals surface area contributed by atoms with E-state index >= 15 is 0 Å². The predicted octanol–water partition coefficient (Wildman–Crippen LogP) is 3.69. The van der Waals surface area contributed by atoms with Gasteiger partial charge in [0.1, 0.15) is 5.69 Å². The molecule has 1 heterocycles. The lowest BCUT2D eigenvalue weighted by Gasteiger charge is -2.12. The van der Waals surface area contributed by atoms with E-state index < -0.39 is 0 Å². The zero-order valence-corrected chi connectivity index (χ0v) is 13.0. The maximum atomic E-state index is 12.1. The highest BCUT2D eigenvalue weighted by molar-refractivity contribution is 5.86. The Labute approximate surface area is 130 Å². The minimum Gasteiger partial charge on any atom is -0.356 e. The second-order valence-electron chi connectivity index (χ2n) is 6.01. The number of nitrogens with one attached hydrogen (secondary N) is 1. The van der Waals surface area contributed by atoms with Gasteiger partial charge < -0.3 is 9.84 Å². The van der Waals surface area contributed by atoms with Crippen LogP contribution in [0.3, 0.4) is 0 Å². The monoisotopic (exact) mass is 298 g/mol. The molecule has 0 bridgehead atoms. The fourth-order valence-electron chi connectivity index (χ4n) is 2.94. The molecule has 3 rings (SSSR count). The summed E-state index contributed by atoms with van der Waals surface area (Å²) in [4.78, 5) is 12.1. The Morgan fingerprint density at radius 2 is 2.27 bits per heavy atom. The summed E-state index contributed by atoms with van der Waals surface area (Å²) in [5, 5.41) is 7.95. The van der Waals surface area contributed by atoms with Gasteiger partial charge in [0.05, 0.1) is 6.42 Å². The number of aryl methyl sites for hydroxylation is 1. The maximum absolute atomic E-state index is 12.1. The molecular weight excluding hydrogens is 276 g/mol. The molecule has 1 N–H and O–H groups in total. The number of amides is 1. The van der Waals surface area contributed by atoms with Gasteiger partial charge in [-0.3, -0.25) is 4.79 Å². The maximum Gasteiger partial charge on any atom is 0.226 e. The Morgan fingerprint density at radius 1 is 1.36 bits per heavy atom. The van der Waals surface area contributed by atoms with Gasteiger partial charge in [-0.05, 0) is 51.2 Å². The first kappa shape index (κ1) is 14.8. The molecule has 0 radical (unpaired) electrons. The number of hydrogen-bond acceptors (Lipinski definition) is 3. The molecule has 116 valence electrons. The molecular formula is C18H22N2O2. The molecule has 1 amide bonds. The number of fused-ring (bicyclic) bond motifs is 1. The van der Waals surface area contributed by atoms with E-state index in [1.54, 1.807) is 0 Å². The largest absolute Gasteiger partial charge is 0.356 e. The van der Waals surface area contributed by atoms with Crippen LogP contribution in [0.15, 0.2) is 34.4 Å². The van der Waals surface area contributed by atoms with Crippen LogP contribution < -0.4 is 5.32 Å². The van der Waals surface area contributed by atoms with Crippen LogP contribution in [0.1, 0.15) is 43.4 Å². The lowest BCUT2D eigenvalue weighted by Crippen LogP contribution is -2.26. The Hall–Kier alpha value is -2.10. The molecule has 1 aromatic heterocycles. The van der Waals surface area contributed by atoms with Crippen LogP contribution in [-0.2, 0) is 11.2 Å². The fourth-order valence-corrected chi connectivity index (χ4v) is 2.94. The van der Waals surface area contributed by atoms with E-state index in [-0.39, 0.29) is 12.3 Å². The molecule has 0 spiro atoms. The van der Waals surface area contributed by atoms with Gasteiger partial charge in [-0.1, -0.05) is 28.4 Å². The summed E-state index contributed by atoms with van der Waals surface area (Å²) in [6.07, 6.45) is 8.51. The van der Waals surface area contributed by atoms with Crippen LogP contribution in [0.25, 0.3) is 11.0 Å². The van der Waals surface area contributed by atoms with Gasteiger partial charge in [-0.2, -0.15) is 0 Å². The van der Waals surface area contributed by atoms with Crippen LogP contribution in [0, 0.1) is 6.92 Å². The van der Waals surface area contributed by atoms with Gasteiger partial charge in [0, 0.05) is 11.9 Å². The molecule has 1 aliphatic carbocycles. The summed E-state index contributed by atoms with van der Waals surface area (Å²) >= 11 is 0. The van der Waals surface area contributed by atoms with Gasteiger partial charge in [-0.15, -0.1) is 0 Å². The molecule has 2 aromatic rings. The third kappa shape index (κ3) is 3.56. The van der Waals surface area contributed by atoms with E-state index in [0.29, 0.717) is 12.2 Å². The standard InChI is InChI=1S/C18H22N2O2/c1-13-7-8-17-15(11-13)16(20-22-17)12-18(21)19-10-9-14-5-3-2-4-6-14/h5,7-8,11H,2-4,6,9-10,12H2,1H3,(H,19,21). The van der Waals surface area contributed by atoms with Gasteiger partial charge in [0.15, 0.2) is 5.58 Å². The number of nitrogens with zero attached hydrogens (tertiary/aromatic N) is 1. The van der Waals surface area contributed by atoms with Crippen molar-refractivity contribution in [3.05, 3.63) is 41.1 Å². The first-order chi connectivity index (χ1) is 10.7. The summed E-state index contributed by atoms with van der Waals surface area (Å²) < 4.78 is 5.27. The van der Waals surface area contributed by atoms with Crippen molar-refractivity contribution in [3.8, 4) is 0 Å². The quantitative estimate of drug-likeness (QED) is 0.857. The lowest BCUT2D eigenvalue weighted by molar-refractivity contribution is -0.120. The van der Waals surface area contributed by atoms with Crippen molar-refractivity contribution in [2.75, 3.05) is 6.54 Å². The number of rotatable bonds is 5. The average molecular weight is 298 g/mol. The van der Waals surface area contributed by atoms with Crippen LogP contribution in [0.2, 0.25) is 0 Å². The fraction of sp³-hybridized carbons (Fsp3) is 0.444. The van der Waals surface area contributed by atoms with Gasteiger partial charge >= 0.3 is 0 Å². The number of carbonyl (C=O) groups excluding carboxylic acids is 1. The van der Waals surface area contributed by atoms with Gasteiger partial charge in [0.2, 0.25) is 5.91 Å². The number of allylic oxidation sites excluding steroid dienone is 1. The van der Waals surface area contributed by atoms with Crippen molar-refractivity contribution < 1.29 is 9.32 Å². The molecule has 0 unspecified atom stereocenters. The molecule has 4 nitrogen and oxygen atoms in total. The normalized spacial score (nSPS) is 14.9. The summed E-state index contributed by atoms with van der Waals surface area (Å²) in [5.74, 6) is 0.00751. The van der Waals surface area contributed by atoms with Crippen LogP contribution in [0.4, 0.5) is 0 Å². The smallest absolute Gasteiger partial charge is 0.226 e. The van der Waals surface area contributed by atoms with Crippen molar-refractivity contribution >= 4 is 16.9 Å². The molecule has 0 aliphatic heterocycles. The first-order valence-corrected chi connectivity index (χ1v) is 8.02. The van der Waals surface area contributed by atoms with E-state index in [2.05, 4.69) is 16.5 Å². The molecule has 22 heavy (non-hydrogen) atoms. The highest BCUT2D eigenvalue weighted by Crippen LogP contribution is 2.21. The van der Waals surface area contributed by atoms with Crippen LogP contribution >= 0.6 is 0 Å². The van der Waals surface area contributed by atoms with Crippen molar-refractivity contribution in [3.63, 3.8) is 0 Å². The highest BCUT2D eigenvalue weighted by Gasteiger charge is 2.12. The van der Waals surface area contributed by atoms with E-state index in [0.717, 1.165) is 23.0 Å². The summed E-state index contributed by atoms with van der Waals surface area (Å²) in [5.41, 5.74) is 4.07. The summed E-state index contributed by atoms with van der Waals surface area (Å²) in [6, 6.07) is 5.89. The molecule has 0 saturated heterocycles.